The van der Waals surface area contributed by atoms with Gasteiger partial charge in [0.1, 0.15) is 11.5 Å². The van der Waals surface area contributed by atoms with E-state index in [1.165, 1.54) is 50.4 Å². The molecule has 3 rings (SSSR count). The van der Waals surface area contributed by atoms with Gasteiger partial charge in [-0.3, -0.25) is 10.1 Å². The number of anilines is 1. The number of nitrogens with zero attached hydrogens (tertiary/aromatic N) is 3. The molecule has 10 heteroatoms. The molecule has 0 aliphatic carbocycles. The number of ether oxygens (including phenoxy) is 1. The van der Waals surface area contributed by atoms with E-state index >= 15 is 0 Å². The molecule has 1 atom stereocenters. The Kier molecular flexibility index (Phi) is 5.30. The van der Waals surface area contributed by atoms with Crippen molar-refractivity contribution >= 4 is 17.3 Å². The van der Waals surface area contributed by atoms with Gasteiger partial charge in [-0.2, -0.15) is 0 Å². The molecular formula is C18H15FN4O5. The Bertz CT molecular complexity index is 1020. The van der Waals surface area contributed by atoms with Crippen molar-refractivity contribution in [1.82, 2.24) is 10.2 Å². The third kappa shape index (κ3) is 3.95. The summed E-state index contributed by atoms with van der Waals surface area (Å²) in [7, 11) is 1.54. The molecule has 144 valence electrons. The molecule has 0 saturated carbocycles. The minimum absolute atomic E-state index is 0.0100. The number of halogens is 1. The van der Waals surface area contributed by atoms with Crippen molar-refractivity contribution in [3.8, 4) is 11.5 Å². The second-order valence-corrected chi connectivity index (χ2v) is 5.74. The summed E-state index contributed by atoms with van der Waals surface area (Å²) in [6.07, 6.45) is -0.891. The number of hydrogen-bond acceptors (Lipinski definition) is 8. The highest BCUT2D eigenvalue weighted by atomic mass is 19.1. The van der Waals surface area contributed by atoms with Gasteiger partial charge in [0.15, 0.2) is 6.10 Å². The Hall–Kier alpha value is -3.82. The fourth-order valence-electron chi connectivity index (χ4n) is 2.41. The van der Waals surface area contributed by atoms with E-state index in [0.29, 0.717) is 5.56 Å². The summed E-state index contributed by atoms with van der Waals surface area (Å²) in [5.41, 5.74) is 0.546. The van der Waals surface area contributed by atoms with E-state index in [2.05, 4.69) is 15.5 Å². The molecule has 3 aromatic rings. The molecule has 0 unspecified atom stereocenters. The van der Waals surface area contributed by atoms with Gasteiger partial charge in [0.25, 0.3) is 11.6 Å². The van der Waals surface area contributed by atoms with Crippen LogP contribution in [0.25, 0.3) is 11.5 Å². The molecule has 0 fully saturated rings. The number of aromatic nitrogens is 2. The number of carbonyl (C=O) groups excluding carboxylic acids is 1. The molecule has 28 heavy (non-hydrogen) atoms. The summed E-state index contributed by atoms with van der Waals surface area (Å²) in [5.74, 6) is -0.995. The molecule has 1 N–H and O–H groups in total. The molecule has 9 nitrogen and oxygen atoms in total. The van der Waals surface area contributed by atoms with Crippen molar-refractivity contribution in [2.45, 2.75) is 13.0 Å². The van der Waals surface area contributed by atoms with E-state index < -0.39 is 22.8 Å². The van der Waals surface area contributed by atoms with E-state index in [0.717, 1.165) is 6.07 Å². The summed E-state index contributed by atoms with van der Waals surface area (Å²) in [6, 6.07) is 9.41. The zero-order valence-corrected chi connectivity index (χ0v) is 14.9. The summed E-state index contributed by atoms with van der Waals surface area (Å²) in [6.45, 7) is 1.52. The predicted octanol–water partition coefficient (Wildman–Crippen LogP) is 3.74. The van der Waals surface area contributed by atoms with Crippen LogP contribution in [0.15, 0.2) is 46.9 Å². The van der Waals surface area contributed by atoms with Gasteiger partial charge in [0.05, 0.1) is 10.5 Å². The zero-order valence-electron chi connectivity index (χ0n) is 14.9. The maximum atomic E-state index is 13.0. The van der Waals surface area contributed by atoms with Crippen LogP contribution in [-0.4, -0.2) is 28.1 Å². The fraction of sp³-hybridized carbons (Fsp3) is 0.167. The van der Waals surface area contributed by atoms with Crippen LogP contribution in [0.5, 0.6) is 0 Å². The highest BCUT2D eigenvalue weighted by molar-refractivity contribution is 5.91. The lowest BCUT2D eigenvalue weighted by atomic mass is 10.1. The molecule has 0 amide bonds. The number of nitro benzene ring substituents is 1. The van der Waals surface area contributed by atoms with Crippen molar-refractivity contribution in [2.24, 2.45) is 0 Å². The summed E-state index contributed by atoms with van der Waals surface area (Å²) < 4.78 is 23.7. The summed E-state index contributed by atoms with van der Waals surface area (Å²) >= 11 is 0. The van der Waals surface area contributed by atoms with Crippen molar-refractivity contribution in [3.05, 3.63) is 69.9 Å². The van der Waals surface area contributed by atoms with Crippen LogP contribution in [-0.2, 0) is 4.74 Å². The standard InChI is InChI=1S/C18H15FN4O5/c1-10(16-21-22-17(28-16)11-3-6-13(19)7-4-11)27-18(24)12-5-8-14(20-2)15(9-12)23(25)26/h3-10,20H,1-2H3/t10-/m1/s1. The average Bonchev–Trinajstić information content (AvgIpc) is 3.18. The van der Waals surface area contributed by atoms with E-state index in [4.69, 9.17) is 9.15 Å². The van der Waals surface area contributed by atoms with Gasteiger partial charge in [0, 0.05) is 18.7 Å². The van der Waals surface area contributed by atoms with Crippen LogP contribution in [0.2, 0.25) is 0 Å². The highest BCUT2D eigenvalue weighted by Crippen LogP contribution is 2.27. The zero-order chi connectivity index (χ0) is 20.3. The molecule has 0 saturated heterocycles. The van der Waals surface area contributed by atoms with E-state index in [9.17, 15) is 19.3 Å². The number of nitro groups is 1. The van der Waals surface area contributed by atoms with Crippen LogP contribution >= 0.6 is 0 Å². The predicted molar refractivity (Wildman–Crippen MR) is 96.2 cm³/mol. The number of esters is 1. The molecule has 0 radical (unpaired) electrons. The highest BCUT2D eigenvalue weighted by Gasteiger charge is 2.22. The smallest absolute Gasteiger partial charge is 0.339 e. The summed E-state index contributed by atoms with van der Waals surface area (Å²) in [4.78, 5) is 22.8. The molecule has 0 aliphatic heterocycles. The van der Waals surface area contributed by atoms with E-state index in [-0.39, 0.29) is 28.7 Å². The molecule has 2 aromatic carbocycles. The fourth-order valence-corrected chi connectivity index (χ4v) is 2.41. The second-order valence-electron chi connectivity index (χ2n) is 5.74. The maximum absolute atomic E-state index is 13.0. The van der Waals surface area contributed by atoms with Crippen molar-refractivity contribution in [1.29, 1.82) is 0 Å². The van der Waals surface area contributed by atoms with Crippen molar-refractivity contribution in [3.63, 3.8) is 0 Å². The van der Waals surface area contributed by atoms with Gasteiger partial charge in [-0.25, -0.2) is 9.18 Å². The SMILES string of the molecule is CNc1ccc(C(=O)O[C@H](C)c2nnc(-c3ccc(F)cc3)o2)cc1[N+](=O)[O-]. The first-order valence-corrected chi connectivity index (χ1v) is 8.15. The first-order chi connectivity index (χ1) is 13.4. The number of rotatable bonds is 6. The summed E-state index contributed by atoms with van der Waals surface area (Å²) in [5, 5.41) is 21.5. The van der Waals surface area contributed by atoms with Gasteiger partial charge < -0.3 is 14.5 Å². The van der Waals surface area contributed by atoms with Crippen LogP contribution in [0, 0.1) is 15.9 Å². The first kappa shape index (κ1) is 19.0. The normalized spacial score (nSPS) is 11.7. The monoisotopic (exact) mass is 386 g/mol. The number of nitrogens with one attached hydrogen (secondary N) is 1. The maximum Gasteiger partial charge on any atom is 0.339 e. The van der Waals surface area contributed by atoms with Gasteiger partial charge >= 0.3 is 5.97 Å². The quantitative estimate of drug-likeness (QED) is 0.386. The lowest BCUT2D eigenvalue weighted by Crippen LogP contribution is -2.10. The number of benzene rings is 2. The van der Waals surface area contributed by atoms with Crippen LogP contribution in [0.4, 0.5) is 15.8 Å². The Morgan fingerprint density at radius 3 is 2.61 bits per heavy atom. The van der Waals surface area contributed by atoms with Crippen LogP contribution in [0.3, 0.4) is 0 Å². The largest absolute Gasteiger partial charge is 0.449 e. The van der Waals surface area contributed by atoms with Gasteiger partial charge in [-0.15, -0.1) is 10.2 Å². The molecule has 0 aliphatic rings. The third-order valence-corrected chi connectivity index (χ3v) is 3.86. The van der Waals surface area contributed by atoms with Gasteiger partial charge in [-0.1, -0.05) is 0 Å². The van der Waals surface area contributed by atoms with Gasteiger partial charge in [0.2, 0.25) is 5.89 Å². The third-order valence-electron chi connectivity index (χ3n) is 3.86. The number of hydrogen-bond donors (Lipinski definition) is 1. The average molecular weight is 386 g/mol. The van der Waals surface area contributed by atoms with E-state index in [1.807, 2.05) is 0 Å². The Balaban J connectivity index is 1.75. The van der Waals surface area contributed by atoms with Crippen molar-refractivity contribution in [2.75, 3.05) is 12.4 Å². The van der Waals surface area contributed by atoms with E-state index in [1.54, 1.807) is 0 Å². The van der Waals surface area contributed by atoms with Crippen LogP contribution in [0.1, 0.15) is 29.3 Å². The number of carbonyl (C=O) groups is 1. The minimum Gasteiger partial charge on any atom is -0.449 e. The second kappa shape index (κ2) is 7.82. The van der Waals surface area contributed by atoms with Gasteiger partial charge in [-0.05, 0) is 43.3 Å². The molecule has 1 aromatic heterocycles. The Morgan fingerprint density at radius 2 is 1.96 bits per heavy atom. The molecule has 1 heterocycles. The Morgan fingerprint density at radius 1 is 1.25 bits per heavy atom. The minimum atomic E-state index is -0.891. The topological polar surface area (TPSA) is 120 Å². The molecular weight excluding hydrogens is 371 g/mol. The first-order valence-electron chi connectivity index (χ1n) is 8.15. The molecule has 0 spiro atoms. The molecule has 0 bridgehead atoms. The van der Waals surface area contributed by atoms with Crippen molar-refractivity contribution < 1.29 is 23.3 Å². The lowest BCUT2D eigenvalue weighted by Gasteiger charge is -2.10. The van der Waals surface area contributed by atoms with Crippen LogP contribution < -0.4 is 5.32 Å². The lowest BCUT2D eigenvalue weighted by molar-refractivity contribution is -0.384. The Labute approximate surface area is 158 Å².